The lowest BCUT2D eigenvalue weighted by atomic mass is 10.0. The lowest BCUT2D eigenvalue weighted by Gasteiger charge is -2.30. The van der Waals surface area contributed by atoms with Gasteiger partial charge in [-0.1, -0.05) is 19.1 Å². The second-order valence-corrected chi connectivity index (χ2v) is 6.53. The zero-order valence-corrected chi connectivity index (χ0v) is 14.4. The Hall–Kier alpha value is -1.76. The first-order valence-corrected chi connectivity index (χ1v) is 8.64. The quantitative estimate of drug-likeness (QED) is 0.761. The Morgan fingerprint density at radius 1 is 1.36 bits per heavy atom. The van der Waals surface area contributed by atoms with Gasteiger partial charge in [0.1, 0.15) is 5.75 Å². The number of nitrogens with one attached hydrogen (secondary N) is 1. The van der Waals surface area contributed by atoms with E-state index in [1.165, 1.54) is 31.0 Å². The van der Waals surface area contributed by atoms with Crippen molar-refractivity contribution in [3.8, 4) is 5.75 Å². The van der Waals surface area contributed by atoms with Crippen LogP contribution in [-0.4, -0.2) is 43.6 Å². The molecule has 1 aliphatic rings. The van der Waals surface area contributed by atoms with E-state index in [1.807, 2.05) is 0 Å². The van der Waals surface area contributed by atoms with E-state index >= 15 is 0 Å². The predicted octanol–water partition coefficient (Wildman–Crippen LogP) is 3.32. The van der Waals surface area contributed by atoms with Gasteiger partial charge in [0.05, 0.1) is 5.56 Å². The second kappa shape index (κ2) is 9.08. The van der Waals surface area contributed by atoms with Gasteiger partial charge in [0.2, 0.25) is 0 Å². The van der Waals surface area contributed by atoms with E-state index in [1.54, 1.807) is 0 Å². The zero-order valence-electron chi connectivity index (χ0n) is 14.4. The van der Waals surface area contributed by atoms with E-state index in [0.717, 1.165) is 32.1 Å². The molecule has 25 heavy (non-hydrogen) atoms. The molecule has 1 aliphatic heterocycles. The van der Waals surface area contributed by atoms with Gasteiger partial charge in [0.15, 0.2) is 6.61 Å². The summed E-state index contributed by atoms with van der Waals surface area (Å²) in [5.41, 5.74) is -0.873. The van der Waals surface area contributed by atoms with E-state index in [9.17, 15) is 18.0 Å². The van der Waals surface area contributed by atoms with Crippen molar-refractivity contribution in [2.24, 2.45) is 5.92 Å². The summed E-state index contributed by atoms with van der Waals surface area (Å²) >= 11 is 0. The number of carbonyl (C=O) groups is 1. The molecule has 0 spiro atoms. The molecular weight excluding hydrogens is 333 g/mol. The Morgan fingerprint density at radius 3 is 2.84 bits per heavy atom. The van der Waals surface area contributed by atoms with Crippen LogP contribution in [0.15, 0.2) is 24.3 Å². The number of piperidine rings is 1. The number of ether oxygens (including phenoxy) is 1. The minimum absolute atomic E-state index is 0.326. The molecule has 0 radical (unpaired) electrons. The molecule has 4 nitrogen and oxygen atoms in total. The molecule has 1 aromatic carbocycles. The van der Waals surface area contributed by atoms with Crippen molar-refractivity contribution in [1.82, 2.24) is 10.2 Å². The Bertz CT molecular complexity index is 563. The van der Waals surface area contributed by atoms with E-state index in [0.29, 0.717) is 12.5 Å². The summed E-state index contributed by atoms with van der Waals surface area (Å²) in [7, 11) is 0. The van der Waals surface area contributed by atoms with Gasteiger partial charge in [-0.3, -0.25) is 4.79 Å². The third-order valence-corrected chi connectivity index (χ3v) is 4.27. The fourth-order valence-corrected chi connectivity index (χ4v) is 3.04. The zero-order chi connectivity index (χ0) is 18.3. The number of hydrogen-bond acceptors (Lipinski definition) is 3. The van der Waals surface area contributed by atoms with Crippen molar-refractivity contribution in [2.45, 2.75) is 32.4 Å². The molecule has 1 fully saturated rings. The molecular formula is C18H25F3N2O2. The van der Waals surface area contributed by atoms with Crippen molar-refractivity contribution in [1.29, 1.82) is 0 Å². The number of likely N-dealkylation sites (tertiary alicyclic amines) is 1. The fourth-order valence-electron chi connectivity index (χ4n) is 3.04. The molecule has 0 aliphatic carbocycles. The number of rotatable bonds is 7. The summed E-state index contributed by atoms with van der Waals surface area (Å²) in [4.78, 5) is 14.1. The number of alkyl halides is 3. The van der Waals surface area contributed by atoms with Crippen molar-refractivity contribution < 1.29 is 22.7 Å². The van der Waals surface area contributed by atoms with Gasteiger partial charge in [0.25, 0.3) is 5.91 Å². The molecule has 2 rings (SSSR count). The largest absolute Gasteiger partial charge is 0.483 e. The maximum Gasteiger partial charge on any atom is 0.419 e. The minimum atomic E-state index is -4.50. The molecule has 1 aromatic rings. The molecule has 1 N–H and O–H groups in total. The van der Waals surface area contributed by atoms with Crippen LogP contribution in [-0.2, 0) is 11.0 Å². The molecule has 0 bridgehead atoms. The smallest absolute Gasteiger partial charge is 0.419 e. The van der Waals surface area contributed by atoms with Crippen LogP contribution in [0.4, 0.5) is 13.2 Å². The molecule has 7 heteroatoms. The first-order chi connectivity index (χ1) is 11.9. The van der Waals surface area contributed by atoms with E-state index < -0.39 is 24.3 Å². The highest BCUT2D eigenvalue weighted by Gasteiger charge is 2.34. The Labute approximate surface area is 146 Å². The van der Waals surface area contributed by atoms with Crippen LogP contribution < -0.4 is 10.1 Å². The number of carbonyl (C=O) groups excluding carboxylic acids is 1. The number of nitrogens with zero attached hydrogens (tertiary/aromatic N) is 1. The summed E-state index contributed by atoms with van der Waals surface area (Å²) in [5.74, 6) is -0.0260. The normalized spacial score (nSPS) is 18.8. The van der Waals surface area contributed by atoms with Crippen LogP contribution in [0.3, 0.4) is 0 Å². The molecule has 1 unspecified atom stereocenters. The SMILES string of the molecule is CC1CCCN(CCCNC(=O)COc2ccccc2C(F)(F)F)C1. The first-order valence-electron chi connectivity index (χ1n) is 8.64. The Kier molecular flexibility index (Phi) is 7.11. The first kappa shape index (κ1) is 19.6. The third-order valence-electron chi connectivity index (χ3n) is 4.27. The van der Waals surface area contributed by atoms with Gasteiger partial charge >= 0.3 is 6.18 Å². The summed E-state index contributed by atoms with van der Waals surface area (Å²) in [5, 5.41) is 2.69. The number of para-hydroxylation sites is 1. The minimum Gasteiger partial charge on any atom is -0.483 e. The lowest BCUT2D eigenvalue weighted by Crippen LogP contribution is -2.37. The molecule has 0 saturated carbocycles. The molecule has 1 heterocycles. The van der Waals surface area contributed by atoms with Gasteiger partial charge in [0, 0.05) is 13.1 Å². The molecule has 0 aromatic heterocycles. The molecule has 1 amide bonds. The highest BCUT2D eigenvalue weighted by atomic mass is 19.4. The summed E-state index contributed by atoms with van der Waals surface area (Å²) < 4.78 is 43.6. The third kappa shape index (κ3) is 6.57. The van der Waals surface area contributed by atoms with Gasteiger partial charge < -0.3 is 15.0 Å². The van der Waals surface area contributed by atoms with Crippen LogP contribution >= 0.6 is 0 Å². The van der Waals surface area contributed by atoms with E-state index in [4.69, 9.17) is 4.74 Å². The summed E-state index contributed by atoms with van der Waals surface area (Å²) in [6.45, 7) is 5.41. The number of amides is 1. The van der Waals surface area contributed by atoms with Crippen LogP contribution in [0.25, 0.3) is 0 Å². The average molecular weight is 358 g/mol. The average Bonchev–Trinajstić information content (AvgIpc) is 2.56. The van der Waals surface area contributed by atoms with Crippen LogP contribution in [0, 0.1) is 5.92 Å². The maximum atomic E-state index is 12.8. The molecule has 1 atom stereocenters. The Morgan fingerprint density at radius 2 is 2.12 bits per heavy atom. The standard InChI is InChI=1S/C18H25F3N2O2/c1-14-6-4-10-23(12-14)11-5-9-22-17(24)13-25-16-8-3-2-7-15(16)18(19,20)21/h2-3,7-8,14H,4-6,9-13H2,1H3,(H,22,24). The lowest BCUT2D eigenvalue weighted by molar-refractivity contribution is -0.139. The fraction of sp³-hybridized carbons (Fsp3) is 0.611. The van der Waals surface area contributed by atoms with Crippen LogP contribution in [0.1, 0.15) is 31.7 Å². The van der Waals surface area contributed by atoms with Crippen molar-refractivity contribution in [2.75, 3.05) is 32.8 Å². The van der Waals surface area contributed by atoms with Crippen LogP contribution in [0.5, 0.6) is 5.75 Å². The van der Waals surface area contributed by atoms with Gasteiger partial charge in [-0.2, -0.15) is 13.2 Å². The molecule has 1 saturated heterocycles. The van der Waals surface area contributed by atoms with Gasteiger partial charge in [-0.05, 0) is 50.4 Å². The van der Waals surface area contributed by atoms with Gasteiger partial charge in [-0.25, -0.2) is 0 Å². The van der Waals surface area contributed by atoms with Crippen molar-refractivity contribution in [3.63, 3.8) is 0 Å². The predicted molar refractivity (Wildman–Crippen MR) is 89.4 cm³/mol. The number of hydrogen-bond donors (Lipinski definition) is 1. The van der Waals surface area contributed by atoms with Crippen molar-refractivity contribution in [3.05, 3.63) is 29.8 Å². The van der Waals surface area contributed by atoms with Gasteiger partial charge in [-0.15, -0.1) is 0 Å². The molecule has 140 valence electrons. The number of benzene rings is 1. The monoisotopic (exact) mass is 358 g/mol. The highest BCUT2D eigenvalue weighted by molar-refractivity contribution is 5.77. The van der Waals surface area contributed by atoms with Crippen LogP contribution in [0.2, 0.25) is 0 Å². The topological polar surface area (TPSA) is 41.6 Å². The highest BCUT2D eigenvalue weighted by Crippen LogP contribution is 2.35. The number of halogens is 3. The van der Waals surface area contributed by atoms with E-state index in [-0.39, 0.29) is 5.75 Å². The Balaban J connectivity index is 1.68. The second-order valence-electron chi connectivity index (χ2n) is 6.53. The summed E-state index contributed by atoms with van der Waals surface area (Å²) in [6.07, 6.45) is -1.21. The maximum absolute atomic E-state index is 12.8. The summed E-state index contributed by atoms with van der Waals surface area (Å²) in [6, 6.07) is 4.89. The van der Waals surface area contributed by atoms with Crippen molar-refractivity contribution >= 4 is 5.91 Å². The van der Waals surface area contributed by atoms with E-state index in [2.05, 4.69) is 17.1 Å².